The number of fused-ring (bicyclic) bond motifs is 7. The van der Waals surface area contributed by atoms with Crippen LogP contribution in [0, 0.1) is 0 Å². The Kier molecular flexibility index (Phi) is 7.78. The Morgan fingerprint density at radius 3 is 1.30 bits per heavy atom. The van der Waals surface area contributed by atoms with E-state index >= 15 is 0 Å². The van der Waals surface area contributed by atoms with E-state index in [1.165, 1.54) is 0 Å². The third-order valence-electron chi connectivity index (χ3n) is 11.6. The molecule has 0 saturated heterocycles. The normalized spacial score (nSPS) is 11.7. The van der Waals surface area contributed by atoms with Crippen molar-refractivity contribution in [1.29, 1.82) is 0 Å². The molecule has 0 aliphatic heterocycles. The SMILES string of the molecule is c1ccc(-c2cccc(-c3c(-c4ccccc4)ccc4ccccc34)c2-c2nc(-c3cccc4c3oc3ccccc34)nc(-c3cccc4c3oc3ccccc34)n2)cc1. The van der Waals surface area contributed by atoms with Crippen molar-refractivity contribution >= 4 is 54.6 Å². The van der Waals surface area contributed by atoms with Gasteiger partial charge < -0.3 is 8.83 Å². The van der Waals surface area contributed by atoms with Crippen LogP contribution in [0.2, 0.25) is 0 Å². The van der Waals surface area contributed by atoms with E-state index in [1.54, 1.807) is 0 Å². The van der Waals surface area contributed by atoms with E-state index in [0.29, 0.717) is 17.5 Å². The Morgan fingerprint density at radius 2 is 0.700 bits per heavy atom. The lowest BCUT2D eigenvalue weighted by Gasteiger charge is -2.20. The quantitative estimate of drug-likeness (QED) is 0.169. The molecule has 12 rings (SSSR count). The van der Waals surface area contributed by atoms with Crippen LogP contribution >= 0.6 is 0 Å². The number of rotatable bonds is 6. The summed E-state index contributed by atoms with van der Waals surface area (Å²) < 4.78 is 13.2. The van der Waals surface area contributed by atoms with Crippen LogP contribution < -0.4 is 0 Å². The number of para-hydroxylation sites is 4. The van der Waals surface area contributed by atoms with Crippen molar-refractivity contribution in [2.45, 2.75) is 0 Å². The number of hydrogen-bond acceptors (Lipinski definition) is 5. The fraction of sp³-hybridized carbons (Fsp3) is 0. The Labute approximate surface area is 344 Å². The average Bonchev–Trinajstić information content (AvgIpc) is 3.90. The molecular weight excluding hydrogens is 735 g/mol. The summed E-state index contributed by atoms with van der Waals surface area (Å²) in [5, 5.41) is 6.36. The smallest absolute Gasteiger partial charge is 0.167 e. The molecule has 0 aliphatic carbocycles. The highest BCUT2D eigenvalue weighted by molar-refractivity contribution is 6.12. The summed E-state index contributed by atoms with van der Waals surface area (Å²) in [7, 11) is 0. The van der Waals surface area contributed by atoms with Crippen molar-refractivity contribution in [2.24, 2.45) is 0 Å². The predicted octanol–water partition coefficient (Wildman–Crippen LogP) is 14.8. The lowest BCUT2D eigenvalue weighted by Crippen LogP contribution is -2.03. The van der Waals surface area contributed by atoms with Gasteiger partial charge in [-0.05, 0) is 68.4 Å². The van der Waals surface area contributed by atoms with Crippen LogP contribution in [-0.4, -0.2) is 15.0 Å². The summed E-state index contributed by atoms with van der Waals surface area (Å²) in [5.74, 6) is 1.54. The van der Waals surface area contributed by atoms with Crippen molar-refractivity contribution in [3.05, 3.63) is 200 Å². The molecule has 0 aliphatic rings. The first kappa shape index (κ1) is 33.9. The van der Waals surface area contributed by atoms with Gasteiger partial charge in [-0.25, -0.2) is 15.0 Å². The minimum Gasteiger partial charge on any atom is -0.455 e. The maximum Gasteiger partial charge on any atom is 0.167 e. The van der Waals surface area contributed by atoms with Crippen LogP contribution in [0.4, 0.5) is 0 Å². The topological polar surface area (TPSA) is 65.0 Å². The number of hydrogen-bond donors (Lipinski definition) is 0. The fourth-order valence-electron chi connectivity index (χ4n) is 8.85. The molecule has 0 bridgehead atoms. The van der Waals surface area contributed by atoms with E-state index in [2.05, 4.69) is 133 Å². The van der Waals surface area contributed by atoms with Gasteiger partial charge in [0, 0.05) is 27.1 Å². The number of nitrogens with zero attached hydrogens (tertiary/aromatic N) is 3. The molecular formula is C55H33N3O2. The van der Waals surface area contributed by atoms with Gasteiger partial charge in [0.05, 0.1) is 11.1 Å². The first-order valence-electron chi connectivity index (χ1n) is 20.1. The molecule has 3 aromatic heterocycles. The van der Waals surface area contributed by atoms with Crippen molar-refractivity contribution in [1.82, 2.24) is 15.0 Å². The maximum absolute atomic E-state index is 6.62. The maximum atomic E-state index is 6.62. The van der Waals surface area contributed by atoms with Crippen LogP contribution in [0.25, 0.3) is 122 Å². The van der Waals surface area contributed by atoms with E-state index in [-0.39, 0.29) is 0 Å². The largest absolute Gasteiger partial charge is 0.455 e. The summed E-state index contributed by atoms with van der Waals surface area (Å²) >= 11 is 0. The molecule has 280 valence electrons. The highest BCUT2D eigenvalue weighted by atomic mass is 16.3. The van der Waals surface area contributed by atoms with Crippen LogP contribution in [0.5, 0.6) is 0 Å². The zero-order valence-electron chi connectivity index (χ0n) is 32.2. The minimum atomic E-state index is 0.503. The molecule has 0 N–H and O–H groups in total. The fourth-order valence-corrected chi connectivity index (χ4v) is 8.85. The molecule has 0 amide bonds. The first-order valence-corrected chi connectivity index (χ1v) is 20.1. The van der Waals surface area contributed by atoms with Crippen LogP contribution in [-0.2, 0) is 0 Å². The molecule has 60 heavy (non-hydrogen) atoms. The summed E-state index contributed by atoms with van der Waals surface area (Å²) in [6.45, 7) is 0. The zero-order chi connectivity index (χ0) is 39.6. The van der Waals surface area contributed by atoms with Gasteiger partial charge in [0.15, 0.2) is 17.5 Å². The number of benzene rings is 9. The monoisotopic (exact) mass is 767 g/mol. The highest BCUT2D eigenvalue weighted by Crippen LogP contribution is 2.46. The van der Waals surface area contributed by atoms with Crippen LogP contribution in [0.15, 0.2) is 209 Å². The molecule has 0 fully saturated rings. The molecule has 0 unspecified atom stereocenters. The summed E-state index contributed by atoms with van der Waals surface area (Å²) in [6.07, 6.45) is 0. The molecule has 5 heteroatoms. The summed E-state index contributed by atoms with van der Waals surface area (Å²) in [4.78, 5) is 16.3. The second kappa shape index (κ2) is 13.8. The third kappa shape index (κ3) is 5.44. The Balaban J connectivity index is 1.22. The van der Waals surface area contributed by atoms with E-state index in [0.717, 1.165) is 105 Å². The lowest BCUT2D eigenvalue weighted by atomic mass is 9.85. The summed E-state index contributed by atoms with van der Waals surface area (Å²) in [6, 6.07) is 69.3. The average molecular weight is 768 g/mol. The van der Waals surface area contributed by atoms with E-state index < -0.39 is 0 Å². The van der Waals surface area contributed by atoms with Crippen molar-refractivity contribution in [2.75, 3.05) is 0 Å². The number of aromatic nitrogens is 3. The van der Waals surface area contributed by atoms with Crippen molar-refractivity contribution < 1.29 is 8.83 Å². The Hall–Kier alpha value is -8.15. The minimum absolute atomic E-state index is 0.503. The second-order valence-corrected chi connectivity index (χ2v) is 15.0. The standard InChI is InChI=1S/C55H33N3O2/c1-3-16-34(17-4-1)38-24-13-27-44(49-37-21-8-7-20-36(37)32-33-39(49)35-18-5-2-6-19-35)50(38)55-57-53(45-28-14-25-42-40-22-9-11-30-47(40)59-51(42)45)56-54(58-55)46-29-15-26-43-41-23-10-12-31-48(41)60-52(43)46/h1-33H. The van der Waals surface area contributed by atoms with Crippen molar-refractivity contribution in [3.8, 4) is 67.5 Å². The van der Waals surface area contributed by atoms with E-state index in [9.17, 15) is 0 Å². The van der Waals surface area contributed by atoms with Gasteiger partial charge in [0.2, 0.25) is 0 Å². The second-order valence-electron chi connectivity index (χ2n) is 15.0. The molecule has 3 heterocycles. The van der Waals surface area contributed by atoms with Gasteiger partial charge in [-0.2, -0.15) is 0 Å². The van der Waals surface area contributed by atoms with Gasteiger partial charge in [-0.15, -0.1) is 0 Å². The Bertz CT molecular complexity index is 3470. The molecule has 5 nitrogen and oxygen atoms in total. The van der Waals surface area contributed by atoms with Gasteiger partial charge >= 0.3 is 0 Å². The molecule has 0 saturated carbocycles. The molecule has 9 aromatic carbocycles. The van der Waals surface area contributed by atoms with Crippen LogP contribution in [0.3, 0.4) is 0 Å². The Morgan fingerprint density at radius 1 is 0.267 bits per heavy atom. The van der Waals surface area contributed by atoms with E-state index in [4.69, 9.17) is 23.8 Å². The predicted molar refractivity (Wildman–Crippen MR) is 245 cm³/mol. The molecule has 0 atom stereocenters. The third-order valence-corrected chi connectivity index (χ3v) is 11.6. The van der Waals surface area contributed by atoms with E-state index in [1.807, 2.05) is 66.7 Å². The highest BCUT2D eigenvalue weighted by Gasteiger charge is 2.25. The molecule has 0 spiro atoms. The van der Waals surface area contributed by atoms with Crippen molar-refractivity contribution in [3.63, 3.8) is 0 Å². The van der Waals surface area contributed by atoms with Crippen LogP contribution in [0.1, 0.15) is 0 Å². The van der Waals surface area contributed by atoms with Gasteiger partial charge in [0.1, 0.15) is 22.3 Å². The lowest BCUT2D eigenvalue weighted by molar-refractivity contribution is 0.669. The van der Waals surface area contributed by atoms with Gasteiger partial charge in [0.25, 0.3) is 0 Å². The first-order chi connectivity index (χ1) is 29.8. The molecule has 0 radical (unpaired) electrons. The van der Waals surface area contributed by atoms with Gasteiger partial charge in [-0.1, -0.05) is 176 Å². The molecule has 12 aromatic rings. The summed E-state index contributed by atoms with van der Waals surface area (Å²) in [5.41, 5.74) is 11.9. The zero-order valence-corrected chi connectivity index (χ0v) is 32.2. The number of furan rings is 2. The van der Waals surface area contributed by atoms with Gasteiger partial charge in [-0.3, -0.25) is 0 Å².